The molecule has 0 aliphatic carbocycles. The van der Waals surface area contributed by atoms with Crippen LogP contribution in [0.5, 0.6) is 0 Å². The van der Waals surface area contributed by atoms with Crippen LogP contribution in [0.3, 0.4) is 0 Å². The number of Topliss-reactive ketones (excluding diaryl/α,β-unsaturated/α-hetero) is 1. The van der Waals surface area contributed by atoms with Gasteiger partial charge in [0.25, 0.3) is 19.6 Å². The Morgan fingerprint density at radius 3 is 1.88 bits per heavy atom. The van der Waals surface area contributed by atoms with Crippen LogP contribution in [-0.2, 0) is 32.8 Å². The molecule has 2 aliphatic rings. The van der Waals surface area contributed by atoms with Gasteiger partial charge < -0.3 is 33.5 Å². The average molecular weight is 835 g/mol. The molecule has 57 heavy (non-hydrogen) atoms. The number of carbonyl (C=O) groups excluding carboxylic acids is 2. The van der Waals surface area contributed by atoms with Gasteiger partial charge in [0.15, 0.2) is 0 Å². The number of aromatic amines is 2. The number of rotatable bonds is 15. The zero-order chi connectivity index (χ0) is 46.4. The fourth-order valence-electron chi connectivity index (χ4n) is 5.64. The van der Waals surface area contributed by atoms with Gasteiger partial charge >= 0.3 is 17.3 Å². The van der Waals surface area contributed by atoms with Crippen LogP contribution in [0.1, 0.15) is 113 Å². The Labute approximate surface area is 339 Å². The lowest BCUT2D eigenvalue weighted by Gasteiger charge is -2.37. The molecule has 4 rings (SSSR count). The number of ether oxygens (including phenoxy) is 3. The van der Waals surface area contributed by atoms with E-state index in [2.05, 4.69) is 30.9 Å². The molecule has 0 amide bonds. The third-order valence-electron chi connectivity index (χ3n) is 8.45. The number of aliphatic hydroxyl groups is 2. The number of esters is 1. The number of carbonyl (C=O) groups is 2. The Bertz CT molecular complexity index is 1910. The minimum Gasteiger partial charge on any atom is -0.459 e. The number of aliphatic hydroxyl groups excluding tert-OH is 2. The molecule has 0 spiro atoms. The normalized spacial score (nSPS) is 22.6. The van der Waals surface area contributed by atoms with Gasteiger partial charge in [0, 0.05) is 78.2 Å². The third-order valence-corrected chi connectivity index (χ3v) is 10.6. The van der Waals surface area contributed by atoms with Gasteiger partial charge in [0.2, 0.25) is 2.86 Å². The van der Waals surface area contributed by atoms with Crippen LogP contribution in [0.2, 0.25) is 0 Å². The molecular weight excluding hydrogens is 767 g/mol. The van der Waals surface area contributed by atoms with Gasteiger partial charge in [-0.2, -0.15) is 5.26 Å². The maximum absolute atomic E-state index is 12.2. The summed E-state index contributed by atoms with van der Waals surface area (Å²) in [4.78, 5) is 74.9. The van der Waals surface area contributed by atoms with E-state index in [0.717, 1.165) is 0 Å². The number of nitrogens with zero attached hydrogens (tertiary/aromatic N) is 4. The van der Waals surface area contributed by atoms with Crippen molar-refractivity contribution >= 4 is 20.3 Å². The first-order valence-electron chi connectivity index (χ1n) is 20.6. The molecule has 2 fully saturated rings. The Kier molecular flexibility index (Phi) is 19.8. The van der Waals surface area contributed by atoms with Crippen LogP contribution in [0.15, 0.2) is 31.6 Å². The van der Waals surface area contributed by atoms with Crippen LogP contribution in [0.25, 0.3) is 0 Å². The summed E-state index contributed by atoms with van der Waals surface area (Å²) in [5.74, 6) is -0.552. The molecule has 4 heterocycles. The van der Waals surface area contributed by atoms with Gasteiger partial charge in [0.05, 0.1) is 43.8 Å². The quantitative estimate of drug-likeness (QED) is 0.114. The van der Waals surface area contributed by atoms with E-state index in [1.807, 2.05) is 27.7 Å². The monoisotopic (exact) mass is 834 g/mol. The third kappa shape index (κ3) is 15.4. The molecule has 0 saturated carbocycles. The number of nitriles is 1. The fourth-order valence-corrected chi connectivity index (χ4v) is 7.40. The number of hydrogen-bond acceptors (Lipinski definition) is 15. The molecule has 20 heteroatoms. The lowest BCUT2D eigenvalue weighted by Crippen LogP contribution is -2.35. The number of hydrogen-bond donors (Lipinski definition) is 4. The first kappa shape index (κ1) is 44.2. The summed E-state index contributed by atoms with van der Waals surface area (Å²) in [5, 5.41) is 15.8. The lowest BCUT2D eigenvalue weighted by molar-refractivity contribution is -0.152. The SMILES string of the molecule is [2H]C[C@H]1O[C@@H](n2cc(C)c(=O)[nH]c2=O)C[C@H]1OC(=O)CCC(=O)CC.[2H]C[C@H]1O[C@@H](n2cc(C)c(=O)[nH]c2=O)C[C@H]1OP(OCCC#N)N(C(C)C)C(C)C.[3H]OC.[3H]OC. The van der Waals surface area contributed by atoms with Gasteiger partial charge in [-0.15, -0.1) is 0 Å². The van der Waals surface area contributed by atoms with E-state index in [9.17, 15) is 28.8 Å². The Hall–Kier alpha value is -3.86. The van der Waals surface area contributed by atoms with Crippen LogP contribution >= 0.6 is 8.53 Å². The standard InChI is InChI=1S/C19H31N4O5P.C16H22N2O6.2CH4O/c1-12(2)23(13(3)4)29(26-9-7-8-20)28-16-10-17(27-15(16)6)22-11-14(5)18(24)21-19(22)25;1-4-11(19)5-6-14(20)24-12-7-13(23-10(12)3)18-8-9(2)15(21)17-16(18)22;2*1-2/h11-13,15-17H,7,9-10H2,1-6H3,(H,21,24,25);8,10,12-13H,4-7H2,1-3H3,(H,17,21,22);2*2H,1H3/t15-,16-,17-,29?;10-,12-,13-;;/m11../s1/i6D;3D;2*2T. The summed E-state index contributed by atoms with van der Waals surface area (Å²) in [7, 11) is 1.09. The summed E-state index contributed by atoms with van der Waals surface area (Å²) in [6.45, 7) is 13.2. The van der Waals surface area contributed by atoms with Crippen molar-refractivity contribution in [1.82, 2.24) is 23.8 Å². The van der Waals surface area contributed by atoms with Crippen molar-refractivity contribution in [1.29, 1.82) is 8.12 Å². The number of aryl methyl sites for hydroxylation is 2. The highest BCUT2D eigenvalue weighted by Gasteiger charge is 2.40. The Balaban J connectivity index is 0.000000546. The minimum atomic E-state index is -1.49. The molecule has 7 atom stereocenters. The van der Waals surface area contributed by atoms with Crippen molar-refractivity contribution in [3.05, 3.63) is 65.2 Å². The zero-order valence-corrected chi connectivity index (χ0v) is 35.1. The number of H-pyrrole nitrogens is 2. The molecule has 2 saturated heterocycles. The van der Waals surface area contributed by atoms with Crippen LogP contribution in [0, 0.1) is 25.2 Å². The molecule has 0 aromatic carbocycles. The molecule has 19 nitrogen and oxygen atoms in total. The summed E-state index contributed by atoms with van der Waals surface area (Å²) < 4.78 is 60.6. The van der Waals surface area contributed by atoms with Crippen molar-refractivity contribution in [2.24, 2.45) is 0 Å². The second-order valence-corrected chi connectivity index (χ2v) is 14.7. The number of nitrogens with one attached hydrogen (secondary N) is 2. The second-order valence-electron chi connectivity index (χ2n) is 13.3. The molecule has 4 N–H and O–H groups in total. The zero-order valence-electron chi connectivity index (χ0n) is 38.2. The van der Waals surface area contributed by atoms with Crippen LogP contribution < -0.4 is 22.5 Å². The molecule has 2 aliphatic heterocycles. The highest BCUT2D eigenvalue weighted by molar-refractivity contribution is 7.44. The highest BCUT2D eigenvalue weighted by Crippen LogP contribution is 2.49. The van der Waals surface area contributed by atoms with Gasteiger partial charge in [-0.3, -0.25) is 38.3 Å². The average Bonchev–Trinajstić information content (AvgIpc) is 3.80. The van der Waals surface area contributed by atoms with E-state index in [-0.39, 0.29) is 64.0 Å². The Morgan fingerprint density at radius 1 is 0.965 bits per heavy atom. The predicted molar refractivity (Wildman–Crippen MR) is 211 cm³/mol. The summed E-state index contributed by atoms with van der Waals surface area (Å²) >= 11 is 0. The van der Waals surface area contributed by atoms with Gasteiger partial charge in [-0.05, 0) is 55.3 Å². The number of ketones is 1. The van der Waals surface area contributed by atoms with E-state index in [4.69, 9.17) is 34.1 Å². The molecule has 2 aromatic heterocycles. The van der Waals surface area contributed by atoms with Gasteiger partial charge in [0.1, 0.15) is 24.3 Å². The molecule has 1 unspecified atom stereocenters. The molecule has 322 valence electrons. The van der Waals surface area contributed by atoms with E-state index in [1.54, 1.807) is 20.8 Å². The summed E-state index contributed by atoms with van der Waals surface area (Å²) in [6.07, 6.45) is 0.404. The maximum Gasteiger partial charge on any atom is 0.330 e. The van der Waals surface area contributed by atoms with E-state index in [1.165, 1.54) is 35.7 Å². The van der Waals surface area contributed by atoms with E-state index in [0.29, 0.717) is 24.0 Å². The number of aromatic nitrogens is 4. The second kappa shape index (κ2) is 25.5. The smallest absolute Gasteiger partial charge is 0.330 e. The van der Waals surface area contributed by atoms with Crippen molar-refractivity contribution < 1.29 is 45.8 Å². The fraction of sp³-hybridized carbons (Fsp3) is 0.703. The van der Waals surface area contributed by atoms with Crippen molar-refractivity contribution in [2.45, 2.75) is 150 Å². The minimum absolute atomic E-state index is 0.0176. The highest BCUT2D eigenvalue weighted by atomic mass is 31.2. The van der Waals surface area contributed by atoms with Crippen molar-refractivity contribution in [2.75, 3.05) is 20.8 Å². The first-order valence-corrected chi connectivity index (χ1v) is 19.5. The lowest BCUT2D eigenvalue weighted by atomic mass is 10.1. The summed E-state index contributed by atoms with van der Waals surface area (Å²) in [5.41, 5.74) is -1.33. The van der Waals surface area contributed by atoms with Gasteiger partial charge in [-0.25, -0.2) is 14.3 Å². The Morgan fingerprint density at radius 2 is 1.44 bits per heavy atom. The molecule has 0 bridgehead atoms. The van der Waals surface area contributed by atoms with Gasteiger partial charge in [-0.1, -0.05) is 6.92 Å². The largest absolute Gasteiger partial charge is 0.459 e. The molecule has 2 aromatic rings. The molecular formula is C37H61N6O13P. The van der Waals surface area contributed by atoms with E-state index >= 15 is 0 Å². The molecule has 0 radical (unpaired) electrons. The summed E-state index contributed by atoms with van der Waals surface area (Å²) in [6, 6.07) is 2.36. The van der Waals surface area contributed by atoms with E-state index < -0.39 is 73.9 Å². The topological polar surface area (TPSA) is 257 Å². The van der Waals surface area contributed by atoms with Crippen LogP contribution in [-0.4, -0.2) is 106 Å². The maximum atomic E-state index is 12.2. The predicted octanol–water partition coefficient (Wildman–Crippen LogP) is 2.85. The van der Waals surface area contributed by atoms with Crippen molar-refractivity contribution in [3.8, 4) is 6.07 Å². The van der Waals surface area contributed by atoms with Crippen molar-refractivity contribution in [3.63, 3.8) is 0 Å². The van der Waals surface area contributed by atoms with Crippen LogP contribution in [0.4, 0.5) is 0 Å². The first-order chi connectivity index (χ1) is 28.9.